The molecule has 11 heteroatoms. The first-order valence-electron chi connectivity index (χ1n) is 9.52. The first-order valence-corrected chi connectivity index (χ1v) is 11.0. The number of aromatic amines is 1. The van der Waals surface area contributed by atoms with Gasteiger partial charge in [-0.15, -0.1) is 0 Å². The standard InChI is InChI=1S/C19H27N5O5S/c1-5-6-11-24-16(20)15(17(25)21-19(24)27)23(4)18(26)13-7-9-14(10-8-13)30(28,29)22-12(2)3/h7-10,12,22H,5-6,11,20H2,1-4H3,(H,21,25,27). The Morgan fingerprint density at radius 2 is 1.83 bits per heavy atom. The molecule has 0 fully saturated rings. The average Bonchev–Trinajstić information content (AvgIpc) is 2.66. The Bertz CT molecular complexity index is 1130. The van der Waals surface area contributed by atoms with E-state index in [9.17, 15) is 22.8 Å². The van der Waals surface area contributed by atoms with Gasteiger partial charge >= 0.3 is 5.69 Å². The minimum Gasteiger partial charge on any atom is -0.383 e. The Labute approximate surface area is 174 Å². The fraction of sp³-hybridized carbons (Fsp3) is 0.421. The molecule has 1 heterocycles. The van der Waals surface area contributed by atoms with Crippen molar-refractivity contribution in [2.24, 2.45) is 0 Å². The molecule has 0 saturated heterocycles. The molecule has 1 aromatic carbocycles. The summed E-state index contributed by atoms with van der Waals surface area (Å²) in [6.07, 6.45) is 1.49. The number of nitrogens with zero attached hydrogens (tertiary/aromatic N) is 2. The van der Waals surface area contributed by atoms with E-state index in [1.165, 1.54) is 35.9 Å². The van der Waals surface area contributed by atoms with Crippen LogP contribution in [0.1, 0.15) is 44.0 Å². The van der Waals surface area contributed by atoms with Crippen LogP contribution in [0.2, 0.25) is 0 Å². The van der Waals surface area contributed by atoms with E-state index in [4.69, 9.17) is 5.73 Å². The van der Waals surface area contributed by atoms with Crippen molar-refractivity contribution in [3.63, 3.8) is 0 Å². The van der Waals surface area contributed by atoms with Crippen molar-refractivity contribution < 1.29 is 13.2 Å². The molecule has 0 atom stereocenters. The van der Waals surface area contributed by atoms with Crippen molar-refractivity contribution in [2.45, 2.75) is 51.1 Å². The molecule has 0 bridgehead atoms. The van der Waals surface area contributed by atoms with Crippen LogP contribution in [-0.4, -0.2) is 37.0 Å². The number of aromatic nitrogens is 2. The number of carbonyl (C=O) groups excluding carboxylic acids is 1. The molecule has 0 spiro atoms. The normalized spacial score (nSPS) is 11.6. The molecule has 0 aliphatic heterocycles. The quantitative estimate of drug-likeness (QED) is 0.558. The molecule has 0 unspecified atom stereocenters. The lowest BCUT2D eigenvalue weighted by Crippen LogP contribution is -2.39. The predicted octanol–water partition coefficient (Wildman–Crippen LogP) is 0.882. The lowest BCUT2D eigenvalue weighted by Gasteiger charge is -2.20. The van der Waals surface area contributed by atoms with Crippen molar-refractivity contribution in [3.8, 4) is 0 Å². The molecule has 0 saturated carbocycles. The van der Waals surface area contributed by atoms with Gasteiger partial charge in [0.1, 0.15) is 5.82 Å². The molecular formula is C19H27N5O5S. The van der Waals surface area contributed by atoms with Gasteiger partial charge in [-0.1, -0.05) is 13.3 Å². The second-order valence-corrected chi connectivity index (χ2v) is 8.88. The van der Waals surface area contributed by atoms with Crippen LogP contribution in [0.4, 0.5) is 11.5 Å². The third kappa shape index (κ3) is 4.97. The number of unbranched alkanes of at least 4 members (excludes halogenated alkanes) is 1. The Kier molecular flexibility index (Phi) is 7.21. The van der Waals surface area contributed by atoms with E-state index in [1.54, 1.807) is 13.8 Å². The summed E-state index contributed by atoms with van der Waals surface area (Å²) in [5.74, 6) is -0.679. The smallest absolute Gasteiger partial charge is 0.330 e. The highest BCUT2D eigenvalue weighted by atomic mass is 32.2. The van der Waals surface area contributed by atoms with E-state index in [-0.39, 0.29) is 28.0 Å². The first kappa shape index (κ1) is 23.4. The largest absolute Gasteiger partial charge is 0.383 e. The highest BCUT2D eigenvalue weighted by Crippen LogP contribution is 2.19. The van der Waals surface area contributed by atoms with Gasteiger partial charge in [0.25, 0.3) is 11.5 Å². The number of anilines is 2. The van der Waals surface area contributed by atoms with Crippen molar-refractivity contribution >= 4 is 27.4 Å². The van der Waals surface area contributed by atoms with E-state index >= 15 is 0 Å². The van der Waals surface area contributed by atoms with Crippen molar-refractivity contribution in [1.82, 2.24) is 14.3 Å². The topological polar surface area (TPSA) is 147 Å². The maximum Gasteiger partial charge on any atom is 0.330 e. The summed E-state index contributed by atoms with van der Waals surface area (Å²) in [7, 11) is -2.33. The van der Waals surface area contributed by atoms with E-state index in [1.807, 2.05) is 6.92 Å². The highest BCUT2D eigenvalue weighted by molar-refractivity contribution is 7.89. The van der Waals surface area contributed by atoms with E-state index in [0.29, 0.717) is 13.0 Å². The van der Waals surface area contributed by atoms with Crippen LogP contribution in [0.25, 0.3) is 0 Å². The molecule has 1 aromatic heterocycles. The molecular weight excluding hydrogens is 410 g/mol. The highest BCUT2D eigenvalue weighted by Gasteiger charge is 2.23. The van der Waals surface area contributed by atoms with Gasteiger partial charge in [0.2, 0.25) is 10.0 Å². The average molecular weight is 438 g/mol. The molecule has 0 radical (unpaired) electrons. The van der Waals surface area contributed by atoms with Gasteiger partial charge in [0.15, 0.2) is 5.69 Å². The van der Waals surface area contributed by atoms with Gasteiger partial charge in [-0.3, -0.25) is 19.1 Å². The Morgan fingerprint density at radius 1 is 1.23 bits per heavy atom. The number of rotatable bonds is 8. The number of nitrogens with two attached hydrogens (primary N) is 1. The molecule has 164 valence electrons. The molecule has 1 amide bonds. The van der Waals surface area contributed by atoms with E-state index < -0.39 is 27.2 Å². The summed E-state index contributed by atoms with van der Waals surface area (Å²) in [5.41, 5.74) is 4.63. The maximum atomic E-state index is 12.9. The van der Waals surface area contributed by atoms with Gasteiger partial charge in [0.05, 0.1) is 4.90 Å². The molecule has 4 N–H and O–H groups in total. The van der Waals surface area contributed by atoms with Crippen LogP contribution < -0.4 is 26.6 Å². The number of hydrogen-bond acceptors (Lipinski definition) is 6. The lowest BCUT2D eigenvalue weighted by atomic mass is 10.2. The van der Waals surface area contributed by atoms with Crippen LogP contribution in [0, 0.1) is 0 Å². The molecule has 0 aliphatic rings. The molecule has 30 heavy (non-hydrogen) atoms. The van der Waals surface area contributed by atoms with Crippen LogP contribution in [0.3, 0.4) is 0 Å². The van der Waals surface area contributed by atoms with Crippen LogP contribution in [-0.2, 0) is 16.6 Å². The number of hydrogen-bond donors (Lipinski definition) is 3. The fourth-order valence-corrected chi connectivity index (χ4v) is 4.14. The molecule has 0 aliphatic carbocycles. The molecule has 2 aromatic rings. The van der Waals surface area contributed by atoms with Gasteiger partial charge in [-0.25, -0.2) is 17.9 Å². The predicted molar refractivity (Wildman–Crippen MR) is 115 cm³/mol. The second-order valence-electron chi connectivity index (χ2n) is 7.16. The number of sulfonamides is 1. The lowest BCUT2D eigenvalue weighted by molar-refractivity contribution is 0.0992. The zero-order valence-corrected chi connectivity index (χ0v) is 18.2. The summed E-state index contributed by atoms with van der Waals surface area (Å²) in [4.78, 5) is 40.5. The van der Waals surface area contributed by atoms with Crippen molar-refractivity contribution in [3.05, 3.63) is 50.7 Å². The summed E-state index contributed by atoms with van der Waals surface area (Å²) < 4.78 is 28.1. The number of carbonyl (C=O) groups is 1. The van der Waals surface area contributed by atoms with Gasteiger partial charge < -0.3 is 10.6 Å². The van der Waals surface area contributed by atoms with Gasteiger partial charge in [0, 0.05) is 25.2 Å². The number of nitrogens with one attached hydrogen (secondary N) is 2. The maximum absolute atomic E-state index is 12.9. The van der Waals surface area contributed by atoms with Gasteiger partial charge in [-0.2, -0.15) is 0 Å². The number of H-pyrrole nitrogens is 1. The minimum absolute atomic E-state index is 0.0147. The minimum atomic E-state index is -3.70. The SMILES string of the molecule is CCCCn1c(N)c(N(C)C(=O)c2ccc(S(=O)(=O)NC(C)C)cc2)c(=O)[nH]c1=O. The first-order chi connectivity index (χ1) is 14.0. The van der Waals surface area contributed by atoms with Crippen LogP contribution >= 0.6 is 0 Å². The Morgan fingerprint density at radius 3 is 2.37 bits per heavy atom. The fourth-order valence-electron chi connectivity index (χ4n) is 2.89. The zero-order chi connectivity index (χ0) is 22.6. The summed E-state index contributed by atoms with van der Waals surface area (Å²) in [5, 5.41) is 0. The van der Waals surface area contributed by atoms with Crippen LogP contribution in [0.15, 0.2) is 38.8 Å². The Balaban J connectivity index is 2.39. The van der Waals surface area contributed by atoms with Crippen molar-refractivity contribution in [1.29, 1.82) is 0 Å². The van der Waals surface area contributed by atoms with Crippen molar-refractivity contribution in [2.75, 3.05) is 17.7 Å². The number of benzene rings is 1. The third-order valence-corrected chi connectivity index (χ3v) is 6.07. The monoisotopic (exact) mass is 437 g/mol. The van der Waals surface area contributed by atoms with E-state index in [0.717, 1.165) is 11.3 Å². The summed E-state index contributed by atoms with van der Waals surface area (Å²) in [6, 6.07) is 5.04. The molecule has 2 rings (SSSR count). The number of nitrogen functional groups attached to an aromatic ring is 1. The molecule has 10 nitrogen and oxygen atoms in total. The number of amides is 1. The summed E-state index contributed by atoms with van der Waals surface area (Å²) >= 11 is 0. The summed E-state index contributed by atoms with van der Waals surface area (Å²) in [6.45, 7) is 5.66. The van der Waals surface area contributed by atoms with Crippen LogP contribution in [0.5, 0.6) is 0 Å². The zero-order valence-electron chi connectivity index (χ0n) is 17.4. The van der Waals surface area contributed by atoms with Gasteiger partial charge in [-0.05, 0) is 44.5 Å². The Hall–Kier alpha value is -2.92. The second kappa shape index (κ2) is 9.26. The third-order valence-electron chi connectivity index (χ3n) is 4.39. The van der Waals surface area contributed by atoms with E-state index in [2.05, 4.69) is 9.71 Å².